The second-order valence-electron chi connectivity index (χ2n) is 5.88. The fraction of sp³-hybridized carbons (Fsp3) is 0.875. The molecule has 1 saturated carbocycles. The second-order valence-corrected chi connectivity index (χ2v) is 5.88. The van der Waals surface area contributed by atoms with Crippen LogP contribution in [0.5, 0.6) is 0 Å². The Kier molecular flexibility index (Phi) is 6.03. The first kappa shape index (κ1) is 17.0. The Bertz CT molecular complexity index is 314. The molecule has 4 heteroatoms. The highest BCUT2D eigenvalue weighted by Gasteiger charge is 2.64. The van der Waals surface area contributed by atoms with E-state index in [1.807, 2.05) is 0 Å². The van der Waals surface area contributed by atoms with Crippen LogP contribution in [0.1, 0.15) is 66.2 Å². The van der Waals surface area contributed by atoms with Crippen molar-refractivity contribution in [2.45, 2.75) is 66.2 Å². The summed E-state index contributed by atoms with van der Waals surface area (Å²) in [4.78, 5) is 24.5. The molecule has 0 aromatic rings. The van der Waals surface area contributed by atoms with Crippen LogP contribution < -0.4 is 0 Å². The zero-order valence-electron chi connectivity index (χ0n) is 13.3. The molecule has 1 fully saturated rings. The molecule has 0 unspecified atom stereocenters. The molecular formula is C16H28O4. The second kappa shape index (κ2) is 7.09. The molecule has 1 rings (SSSR count). The first-order valence-electron chi connectivity index (χ1n) is 7.84. The highest BCUT2D eigenvalue weighted by molar-refractivity contribution is 6.01. The lowest BCUT2D eigenvalue weighted by Crippen LogP contribution is -2.57. The summed E-state index contributed by atoms with van der Waals surface area (Å²) in [5.74, 6) is -0.803. The molecule has 0 amide bonds. The van der Waals surface area contributed by atoms with Gasteiger partial charge in [0.05, 0.1) is 13.2 Å². The van der Waals surface area contributed by atoms with Crippen LogP contribution in [0.15, 0.2) is 0 Å². The van der Waals surface area contributed by atoms with E-state index < -0.39 is 17.4 Å². The molecular weight excluding hydrogens is 256 g/mol. The summed E-state index contributed by atoms with van der Waals surface area (Å²) in [6.07, 6.45) is 5.42. The van der Waals surface area contributed by atoms with E-state index in [1.165, 1.54) is 0 Å². The van der Waals surface area contributed by atoms with E-state index in [4.69, 9.17) is 9.47 Å². The van der Waals surface area contributed by atoms with Crippen molar-refractivity contribution in [3.05, 3.63) is 0 Å². The van der Waals surface area contributed by atoms with Crippen LogP contribution in [0.4, 0.5) is 0 Å². The maximum absolute atomic E-state index is 12.2. The smallest absolute Gasteiger partial charge is 0.323 e. The van der Waals surface area contributed by atoms with Crippen LogP contribution in [-0.2, 0) is 19.1 Å². The van der Waals surface area contributed by atoms with Gasteiger partial charge in [0.25, 0.3) is 0 Å². The summed E-state index contributed by atoms with van der Waals surface area (Å²) >= 11 is 0. The average molecular weight is 284 g/mol. The van der Waals surface area contributed by atoms with E-state index in [0.717, 1.165) is 25.7 Å². The third-order valence-corrected chi connectivity index (χ3v) is 4.25. The van der Waals surface area contributed by atoms with E-state index >= 15 is 0 Å². The average Bonchev–Trinajstić information content (AvgIpc) is 2.35. The van der Waals surface area contributed by atoms with Gasteiger partial charge in [-0.15, -0.1) is 0 Å². The molecule has 4 nitrogen and oxygen atoms in total. The molecule has 0 atom stereocenters. The molecule has 0 spiro atoms. The predicted octanol–water partition coefficient (Wildman–Crippen LogP) is 3.48. The normalized spacial score (nSPS) is 19.0. The molecule has 20 heavy (non-hydrogen) atoms. The van der Waals surface area contributed by atoms with Gasteiger partial charge in [-0.25, -0.2) is 0 Å². The SMILES string of the molecule is CCCC1(CCC)CC(C(=O)OCC)(C(=O)OCC)C1. The molecule has 0 bridgehead atoms. The van der Waals surface area contributed by atoms with Gasteiger partial charge in [-0.05, 0) is 44.9 Å². The lowest BCUT2D eigenvalue weighted by molar-refractivity contribution is -0.192. The van der Waals surface area contributed by atoms with Gasteiger partial charge in [-0.1, -0.05) is 26.7 Å². The van der Waals surface area contributed by atoms with E-state index in [9.17, 15) is 9.59 Å². The minimum Gasteiger partial charge on any atom is -0.465 e. The maximum atomic E-state index is 12.2. The zero-order chi connectivity index (χ0) is 15.2. The molecule has 0 aliphatic heterocycles. The quantitative estimate of drug-likeness (QED) is 0.506. The van der Waals surface area contributed by atoms with Crippen molar-refractivity contribution < 1.29 is 19.1 Å². The number of carbonyl (C=O) groups excluding carboxylic acids is 2. The Hall–Kier alpha value is -1.06. The van der Waals surface area contributed by atoms with Gasteiger partial charge in [-0.2, -0.15) is 0 Å². The topological polar surface area (TPSA) is 52.6 Å². The summed E-state index contributed by atoms with van der Waals surface area (Å²) < 4.78 is 10.3. The van der Waals surface area contributed by atoms with Crippen molar-refractivity contribution in [1.82, 2.24) is 0 Å². The van der Waals surface area contributed by atoms with E-state index in [0.29, 0.717) is 26.1 Å². The van der Waals surface area contributed by atoms with Gasteiger partial charge in [-0.3, -0.25) is 9.59 Å². The number of esters is 2. The van der Waals surface area contributed by atoms with Gasteiger partial charge in [0.2, 0.25) is 0 Å². The van der Waals surface area contributed by atoms with Gasteiger partial charge in [0.1, 0.15) is 0 Å². The third-order valence-electron chi connectivity index (χ3n) is 4.25. The van der Waals surface area contributed by atoms with Crippen LogP contribution in [0.25, 0.3) is 0 Å². The van der Waals surface area contributed by atoms with Crippen molar-refractivity contribution in [3.8, 4) is 0 Å². The predicted molar refractivity (Wildman–Crippen MR) is 77.2 cm³/mol. The van der Waals surface area contributed by atoms with Gasteiger partial charge in [0, 0.05) is 0 Å². The van der Waals surface area contributed by atoms with Crippen molar-refractivity contribution in [2.75, 3.05) is 13.2 Å². The monoisotopic (exact) mass is 284 g/mol. The number of ether oxygens (including phenoxy) is 2. The van der Waals surface area contributed by atoms with Gasteiger partial charge >= 0.3 is 11.9 Å². The molecule has 116 valence electrons. The molecule has 0 aromatic heterocycles. The Morgan fingerprint density at radius 1 is 0.850 bits per heavy atom. The minimum absolute atomic E-state index is 0.114. The number of hydrogen-bond acceptors (Lipinski definition) is 4. The molecule has 0 heterocycles. The lowest BCUT2D eigenvalue weighted by Gasteiger charge is -2.53. The fourth-order valence-electron chi connectivity index (χ4n) is 3.68. The Morgan fingerprint density at radius 2 is 1.25 bits per heavy atom. The summed E-state index contributed by atoms with van der Waals surface area (Å²) in [5.41, 5.74) is -0.931. The number of rotatable bonds is 8. The van der Waals surface area contributed by atoms with Crippen LogP contribution in [0.3, 0.4) is 0 Å². The summed E-state index contributed by atoms with van der Waals surface area (Å²) in [6.45, 7) is 8.42. The summed E-state index contributed by atoms with van der Waals surface area (Å²) in [5, 5.41) is 0. The van der Waals surface area contributed by atoms with Crippen LogP contribution >= 0.6 is 0 Å². The number of hydrogen-bond donors (Lipinski definition) is 0. The van der Waals surface area contributed by atoms with Crippen molar-refractivity contribution in [3.63, 3.8) is 0 Å². The van der Waals surface area contributed by atoms with Crippen LogP contribution in [0.2, 0.25) is 0 Å². The van der Waals surface area contributed by atoms with Crippen molar-refractivity contribution in [1.29, 1.82) is 0 Å². The van der Waals surface area contributed by atoms with Gasteiger partial charge in [0.15, 0.2) is 5.41 Å². The van der Waals surface area contributed by atoms with Crippen molar-refractivity contribution >= 4 is 11.9 Å². The summed E-state index contributed by atoms with van der Waals surface area (Å²) in [7, 11) is 0. The minimum atomic E-state index is -1.05. The number of carbonyl (C=O) groups is 2. The maximum Gasteiger partial charge on any atom is 0.323 e. The largest absolute Gasteiger partial charge is 0.465 e. The Morgan fingerprint density at radius 3 is 1.55 bits per heavy atom. The highest BCUT2D eigenvalue weighted by Crippen LogP contribution is 2.60. The molecule has 1 aliphatic carbocycles. The van der Waals surface area contributed by atoms with Crippen molar-refractivity contribution in [2.24, 2.45) is 10.8 Å². The summed E-state index contributed by atoms with van der Waals surface area (Å²) in [6, 6.07) is 0. The Balaban J connectivity index is 2.89. The Labute approximate surface area is 122 Å². The standard InChI is InChI=1S/C16H28O4/c1-5-9-15(10-6-2)11-16(12-15,13(17)19-7-3)14(18)20-8-4/h5-12H2,1-4H3. The van der Waals surface area contributed by atoms with E-state index in [2.05, 4.69) is 13.8 Å². The fourth-order valence-corrected chi connectivity index (χ4v) is 3.68. The molecule has 0 saturated heterocycles. The first-order chi connectivity index (χ1) is 9.50. The highest BCUT2D eigenvalue weighted by atomic mass is 16.6. The van der Waals surface area contributed by atoms with Crippen LogP contribution in [-0.4, -0.2) is 25.2 Å². The molecule has 0 aromatic carbocycles. The lowest BCUT2D eigenvalue weighted by atomic mass is 9.49. The van der Waals surface area contributed by atoms with Gasteiger partial charge < -0.3 is 9.47 Å². The molecule has 0 N–H and O–H groups in total. The van der Waals surface area contributed by atoms with E-state index in [-0.39, 0.29) is 5.41 Å². The zero-order valence-corrected chi connectivity index (χ0v) is 13.3. The first-order valence-corrected chi connectivity index (χ1v) is 7.84. The molecule has 1 aliphatic rings. The van der Waals surface area contributed by atoms with E-state index in [1.54, 1.807) is 13.8 Å². The van der Waals surface area contributed by atoms with Crippen LogP contribution in [0, 0.1) is 10.8 Å². The third kappa shape index (κ3) is 3.15. The molecule has 0 radical (unpaired) electrons.